The van der Waals surface area contributed by atoms with Crippen LogP contribution in [0.15, 0.2) is 42.5 Å². The summed E-state index contributed by atoms with van der Waals surface area (Å²) in [7, 11) is 0.851. The Labute approximate surface area is 140 Å². The zero-order valence-corrected chi connectivity index (χ0v) is 14.2. The van der Waals surface area contributed by atoms with Gasteiger partial charge in [-0.1, -0.05) is 56.3 Å². The maximum absolute atomic E-state index is 13.7. The molecule has 0 saturated carbocycles. The third-order valence-electron chi connectivity index (χ3n) is 3.81. The van der Waals surface area contributed by atoms with E-state index in [1.807, 2.05) is 6.92 Å². The van der Waals surface area contributed by atoms with Crippen molar-refractivity contribution in [1.29, 1.82) is 0 Å². The molecule has 0 fully saturated rings. The van der Waals surface area contributed by atoms with E-state index in [4.69, 9.17) is 4.74 Å². The molecule has 24 heavy (non-hydrogen) atoms. The molecule has 0 heterocycles. The van der Waals surface area contributed by atoms with Crippen LogP contribution in [0.2, 0.25) is 0 Å². The summed E-state index contributed by atoms with van der Waals surface area (Å²) in [6, 6.07) is 6.78. The second kappa shape index (κ2) is 8.33. The molecule has 0 aromatic heterocycles. The summed E-state index contributed by atoms with van der Waals surface area (Å²) in [4.78, 5) is 12.3. The van der Waals surface area contributed by atoms with E-state index in [2.05, 4.69) is 11.3 Å². The van der Waals surface area contributed by atoms with Crippen LogP contribution in [-0.4, -0.2) is 25.9 Å². The quantitative estimate of drug-likeness (QED) is 0.510. The average molecular weight is 344 g/mol. The number of methoxy groups -OCH3 is 1. The molecule has 0 saturated heterocycles. The zero-order chi connectivity index (χ0) is 18.4. The Morgan fingerprint density at radius 2 is 1.83 bits per heavy atom. The predicted octanol–water partition coefficient (Wildman–Crippen LogP) is 4.63. The third kappa shape index (κ3) is 4.38. The van der Waals surface area contributed by atoms with Crippen LogP contribution in [0.5, 0.6) is 0 Å². The first kappa shape index (κ1) is 20.2. The molecule has 1 rings (SSSR count). The van der Waals surface area contributed by atoms with Gasteiger partial charge in [0.1, 0.15) is 0 Å². The van der Waals surface area contributed by atoms with Crippen LogP contribution in [0.4, 0.5) is 13.2 Å². The maximum Gasteiger partial charge on any atom is 0.432 e. The second-order valence-corrected chi connectivity index (χ2v) is 5.76. The van der Waals surface area contributed by atoms with Gasteiger partial charge >= 0.3 is 12.1 Å². The van der Waals surface area contributed by atoms with Crippen LogP contribution in [0.25, 0.3) is 0 Å². The molecule has 1 aromatic carbocycles. The van der Waals surface area contributed by atoms with Crippen molar-refractivity contribution in [3.05, 3.63) is 48.0 Å². The summed E-state index contributed by atoms with van der Waals surface area (Å²) in [6.45, 7) is 7.44. The molecule has 0 aliphatic rings. The van der Waals surface area contributed by atoms with E-state index in [1.165, 1.54) is 24.3 Å². The Morgan fingerprint density at radius 3 is 2.29 bits per heavy atom. The molecule has 0 amide bonds. The minimum atomic E-state index is -4.95. The summed E-state index contributed by atoms with van der Waals surface area (Å²) >= 11 is 0. The molecule has 3 nitrogen and oxygen atoms in total. The zero-order valence-electron chi connectivity index (χ0n) is 14.2. The van der Waals surface area contributed by atoms with E-state index in [0.717, 1.165) is 19.1 Å². The van der Waals surface area contributed by atoms with Crippen LogP contribution in [0, 0.1) is 5.92 Å². The first-order valence-corrected chi connectivity index (χ1v) is 7.70. The molecule has 0 bridgehead atoms. The summed E-state index contributed by atoms with van der Waals surface area (Å²) in [6.07, 6.45) is -3.59. The van der Waals surface area contributed by atoms with Gasteiger partial charge in [-0.3, -0.25) is 0 Å². The molecule has 6 heteroatoms. The van der Waals surface area contributed by atoms with Gasteiger partial charge in [0.05, 0.1) is 6.61 Å². The van der Waals surface area contributed by atoms with Gasteiger partial charge in [-0.05, 0) is 18.8 Å². The van der Waals surface area contributed by atoms with Gasteiger partial charge in [-0.15, -0.1) is 0 Å². The van der Waals surface area contributed by atoms with Gasteiger partial charge in [-0.25, -0.2) is 4.79 Å². The van der Waals surface area contributed by atoms with Crippen molar-refractivity contribution in [3.63, 3.8) is 0 Å². The van der Waals surface area contributed by atoms with Gasteiger partial charge in [0.25, 0.3) is 5.60 Å². The fourth-order valence-electron chi connectivity index (χ4n) is 2.40. The van der Waals surface area contributed by atoms with Crippen molar-refractivity contribution < 1.29 is 27.4 Å². The monoisotopic (exact) mass is 344 g/mol. The van der Waals surface area contributed by atoms with E-state index in [-0.39, 0.29) is 18.1 Å². The van der Waals surface area contributed by atoms with Gasteiger partial charge in [0, 0.05) is 12.7 Å². The molecule has 134 valence electrons. The minimum absolute atomic E-state index is 0.125. The number of alkyl halides is 3. The second-order valence-electron chi connectivity index (χ2n) is 5.76. The van der Waals surface area contributed by atoms with E-state index in [9.17, 15) is 18.0 Å². The normalized spacial score (nSPS) is 15.4. The van der Waals surface area contributed by atoms with Crippen molar-refractivity contribution in [3.8, 4) is 0 Å². The van der Waals surface area contributed by atoms with Crippen molar-refractivity contribution in [2.24, 2.45) is 5.92 Å². The van der Waals surface area contributed by atoms with E-state index in [1.54, 1.807) is 13.0 Å². The van der Waals surface area contributed by atoms with Gasteiger partial charge in [0.15, 0.2) is 0 Å². The number of carbonyl (C=O) groups is 1. The molecular weight excluding hydrogens is 321 g/mol. The van der Waals surface area contributed by atoms with Crippen molar-refractivity contribution in [2.75, 3.05) is 13.7 Å². The Kier molecular flexibility index (Phi) is 7.02. The highest BCUT2D eigenvalue weighted by atomic mass is 19.4. The van der Waals surface area contributed by atoms with Crippen molar-refractivity contribution in [2.45, 2.75) is 38.5 Å². The summed E-state index contributed by atoms with van der Waals surface area (Å²) in [5, 5.41) is 0. The number of hydrogen-bond acceptors (Lipinski definition) is 3. The SMILES string of the molecule is C=C(CC)C[C@H](C)COC(=O)[C@](OC)(c1ccccc1)C(F)(F)F. The van der Waals surface area contributed by atoms with Gasteiger partial charge in [0.2, 0.25) is 0 Å². The smallest absolute Gasteiger partial charge is 0.432 e. The largest absolute Gasteiger partial charge is 0.463 e. The third-order valence-corrected chi connectivity index (χ3v) is 3.81. The van der Waals surface area contributed by atoms with Crippen LogP contribution < -0.4 is 0 Å². The van der Waals surface area contributed by atoms with E-state index < -0.39 is 17.7 Å². The lowest BCUT2D eigenvalue weighted by molar-refractivity contribution is -0.276. The molecule has 0 spiro atoms. The van der Waals surface area contributed by atoms with Crippen LogP contribution in [0.1, 0.15) is 32.3 Å². The van der Waals surface area contributed by atoms with E-state index in [0.29, 0.717) is 6.42 Å². The Bertz CT molecular complexity index is 554. The summed E-state index contributed by atoms with van der Waals surface area (Å²) < 4.78 is 50.6. The van der Waals surface area contributed by atoms with Crippen LogP contribution in [-0.2, 0) is 19.9 Å². The van der Waals surface area contributed by atoms with Crippen molar-refractivity contribution >= 4 is 5.97 Å². The Morgan fingerprint density at radius 1 is 1.25 bits per heavy atom. The highest BCUT2D eigenvalue weighted by Gasteiger charge is 2.64. The lowest BCUT2D eigenvalue weighted by Crippen LogP contribution is -2.52. The average Bonchev–Trinajstić information content (AvgIpc) is 2.53. The molecule has 0 aliphatic heterocycles. The molecular formula is C18H23F3O3. The van der Waals surface area contributed by atoms with Gasteiger partial charge < -0.3 is 9.47 Å². The molecule has 2 atom stereocenters. The maximum atomic E-state index is 13.7. The number of allylic oxidation sites excluding steroid dienone is 1. The number of benzene rings is 1. The highest BCUT2D eigenvalue weighted by Crippen LogP contribution is 2.43. The minimum Gasteiger partial charge on any atom is -0.463 e. The summed E-state index contributed by atoms with van der Waals surface area (Å²) in [5.41, 5.74) is -2.48. The molecule has 0 unspecified atom stereocenters. The first-order valence-electron chi connectivity index (χ1n) is 7.70. The topological polar surface area (TPSA) is 35.5 Å². The standard InChI is InChI=1S/C18H23F3O3/c1-5-13(2)11-14(3)12-24-16(22)17(23-4,18(19,20)21)15-9-7-6-8-10-15/h6-10,14H,2,5,11-12H2,1,3-4H3/t14-,17+/m0/s1. The lowest BCUT2D eigenvalue weighted by atomic mass is 9.92. The van der Waals surface area contributed by atoms with Crippen LogP contribution in [0.3, 0.4) is 0 Å². The number of ether oxygens (including phenoxy) is 2. The Balaban J connectivity index is 3.00. The molecule has 0 aliphatic carbocycles. The fourth-order valence-corrected chi connectivity index (χ4v) is 2.40. The lowest BCUT2D eigenvalue weighted by Gasteiger charge is -2.32. The fraction of sp³-hybridized carbons (Fsp3) is 0.500. The van der Waals surface area contributed by atoms with Crippen LogP contribution >= 0.6 is 0 Å². The first-order chi connectivity index (χ1) is 11.2. The van der Waals surface area contributed by atoms with Crippen molar-refractivity contribution in [1.82, 2.24) is 0 Å². The number of hydrogen-bond donors (Lipinski definition) is 0. The predicted molar refractivity (Wildman–Crippen MR) is 85.4 cm³/mol. The highest BCUT2D eigenvalue weighted by molar-refractivity contribution is 5.82. The summed E-state index contributed by atoms with van der Waals surface area (Å²) in [5.74, 6) is -1.59. The Hall–Kier alpha value is -1.82. The molecule has 1 aromatic rings. The number of rotatable bonds is 8. The molecule has 0 N–H and O–H groups in total. The van der Waals surface area contributed by atoms with E-state index >= 15 is 0 Å². The number of esters is 1. The number of carbonyl (C=O) groups excluding carboxylic acids is 1. The molecule has 0 radical (unpaired) electrons. The number of halogens is 3. The van der Waals surface area contributed by atoms with Gasteiger partial charge in [-0.2, -0.15) is 13.2 Å².